The Balaban J connectivity index is 1.53. The van der Waals surface area contributed by atoms with Gasteiger partial charge >= 0.3 is 0 Å². The van der Waals surface area contributed by atoms with Crippen LogP contribution in [0.2, 0.25) is 0 Å². The standard InChI is InChI=1S/C18H20N4O4S/c1-3-17-16-8-15(10-20-18(16)26-21-17)27(23,24)22-7-6-14(11-22)25-13-5-4-12(2)19-9-13/h4-5,8-10,14H,3,6-7,11H2,1-2H3/t14-/m1/s1. The van der Waals surface area contributed by atoms with Gasteiger partial charge < -0.3 is 9.26 Å². The van der Waals surface area contributed by atoms with Crippen molar-refractivity contribution >= 4 is 21.1 Å². The number of aryl methyl sites for hydroxylation is 2. The lowest BCUT2D eigenvalue weighted by Gasteiger charge is -2.17. The Labute approximate surface area is 157 Å². The molecule has 0 aromatic carbocycles. The van der Waals surface area contributed by atoms with Crippen molar-refractivity contribution < 1.29 is 17.7 Å². The molecule has 9 heteroatoms. The zero-order valence-corrected chi connectivity index (χ0v) is 15.9. The zero-order valence-electron chi connectivity index (χ0n) is 15.1. The van der Waals surface area contributed by atoms with Gasteiger partial charge in [0.05, 0.1) is 30.0 Å². The summed E-state index contributed by atoms with van der Waals surface area (Å²) in [5, 5.41) is 4.56. The molecular formula is C18H20N4O4S. The lowest BCUT2D eigenvalue weighted by Crippen LogP contribution is -2.31. The van der Waals surface area contributed by atoms with E-state index in [4.69, 9.17) is 9.26 Å². The maximum absolute atomic E-state index is 13.0. The van der Waals surface area contributed by atoms with Crippen molar-refractivity contribution in [2.24, 2.45) is 0 Å². The van der Waals surface area contributed by atoms with Gasteiger partial charge in [0.15, 0.2) is 0 Å². The third-order valence-electron chi connectivity index (χ3n) is 4.65. The molecule has 1 atom stereocenters. The van der Waals surface area contributed by atoms with Crippen LogP contribution in [-0.4, -0.2) is 47.0 Å². The van der Waals surface area contributed by atoms with Gasteiger partial charge in [-0.25, -0.2) is 13.4 Å². The molecular weight excluding hydrogens is 368 g/mol. The van der Waals surface area contributed by atoms with Gasteiger partial charge in [0.2, 0.25) is 10.0 Å². The molecule has 1 aliphatic rings. The van der Waals surface area contributed by atoms with Crippen molar-refractivity contribution in [3.8, 4) is 5.75 Å². The van der Waals surface area contributed by atoms with Gasteiger partial charge in [0.25, 0.3) is 5.71 Å². The Bertz CT molecular complexity index is 1060. The van der Waals surface area contributed by atoms with Gasteiger partial charge in [-0.05, 0) is 38.0 Å². The van der Waals surface area contributed by atoms with Crippen LogP contribution in [-0.2, 0) is 16.4 Å². The van der Waals surface area contributed by atoms with Crippen molar-refractivity contribution in [2.75, 3.05) is 13.1 Å². The Morgan fingerprint density at radius 2 is 2.15 bits per heavy atom. The van der Waals surface area contributed by atoms with Gasteiger partial charge in [-0.15, -0.1) is 0 Å². The second-order valence-electron chi connectivity index (χ2n) is 6.53. The molecule has 0 bridgehead atoms. The van der Waals surface area contributed by atoms with E-state index in [1.165, 1.54) is 10.5 Å². The molecule has 27 heavy (non-hydrogen) atoms. The third-order valence-corrected chi connectivity index (χ3v) is 6.48. The van der Waals surface area contributed by atoms with Gasteiger partial charge in [0.1, 0.15) is 16.7 Å². The van der Waals surface area contributed by atoms with Gasteiger partial charge in [-0.2, -0.15) is 4.31 Å². The van der Waals surface area contributed by atoms with Crippen LogP contribution in [0.15, 0.2) is 40.0 Å². The molecule has 0 saturated carbocycles. The molecule has 0 spiro atoms. The van der Waals surface area contributed by atoms with Crippen molar-refractivity contribution in [3.63, 3.8) is 0 Å². The van der Waals surface area contributed by atoms with Crippen LogP contribution in [0, 0.1) is 6.92 Å². The molecule has 8 nitrogen and oxygen atoms in total. The van der Waals surface area contributed by atoms with Crippen LogP contribution < -0.4 is 4.74 Å². The fourth-order valence-electron chi connectivity index (χ4n) is 3.13. The number of sulfonamides is 1. The Kier molecular flexibility index (Phi) is 4.56. The highest BCUT2D eigenvalue weighted by molar-refractivity contribution is 7.89. The normalized spacial score (nSPS) is 18.2. The monoisotopic (exact) mass is 388 g/mol. The van der Waals surface area contributed by atoms with E-state index in [1.807, 2.05) is 26.0 Å². The Morgan fingerprint density at radius 3 is 2.89 bits per heavy atom. The van der Waals surface area contributed by atoms with Gasteiger partial charge in [-0.3, -0.25) is 4.98 Å². The van der Waals surface area contributed by atoms with Gasteiger partial charge in [0, 0.05) is 12.2 Å². The fourth-order valence-corrected chi connectivity index (χ4v) is 4.59. The number of fused-ring (bicyclic) bond motifs is 1. The number of rotatable bonds is 5. The van der Waals surface area contributed by atoms with E-state index in [0.717, 1.165) is 5.69 Å². The topological polar surface area (TPSA) is 98.4 Å². The number of hydrogen-bond donors (Lipinski definition) is 0. The first-order chi connectivity index (χ1) is 13.0. The SMILES string of the molecule is CCc1noc2ncc(S(=O)(=O)N3CC[C@@H](Oc4ccc(C)nc4)C3)cc12. The predicted octanol–water partition coefficient (Wildman–Crippen LogP) is 2.33. The molecule has 142 valence electrons. The number of aromatic nitrogens is 3. The minimum absolute atomic E-state index is 0.144. The minimum Gasteiger partial charge on any atom is -0.487 e. The average Bonchev–Trinajstić information content (AvgIpc) is 3.30. The van der Waals surface area contributed by atoms with Crippen LogP contribution >= 0.6 is 0 Å². The maximum atomic E-state index is 13.0. The second kappa shape index (κ2) is 6.90. The van der Waals surface area contributed by atoms with Crippen molar-refractivity contribution in [3.05, 3.63) is 42.0 Å². The molecule has 1 saturated heterocycles. The molecule has 4 heterocycles. The van der Waals surface area contributed by atoms with E-state index < -0.39 is 10.0 Å². The number of pyridine rings is 2. The van der Waals surface area contributed by atoms with Crippen LogP contribution in [0.3, 0.4) is 0 Å². The first-order valence-electron chi connectivity index (χ1n) is 8.81. The molecule has 3 aromatic rings. The minimum atomic E-state index is -3.66. The summed E-state index contributed by atoms with van der Waals surface area (Å²) in [6.07, 6.45) is 4.03. The summed E-state index contributed by atoms with van der Waals surface area (Å²) in [5.74, 6) is 0.644. The van der Waals surface area contributed by atoms with Crippen molar-refractivity contribution in [1.29, 1.82) is 0 Å². The molecule has 1 aliphatic heterocycles. The highest BCUT2D eigenvalue weighted by Crippen LogP contribution is 2.26. The average molecular weight is 388 g/mol. The summed E-state index contributed by atoms with van der Waals surface area (Å²) in [4.78, 5) is 8.45. The van der Waals surface area contributed by atoms with E-state index in [1.54, 1.807) is 12.3 Å². The Morgan fingerprint density at radius 1 is 1.30 bits per heavy atom. The number of hydrogen-bond acceptors (Lipinski definition) is 7. The Hall–Kier alpha value is -2.52. The molecule has 0 unspecified atom stereocenters. The highest BCUT2D eigenvalue weighted by Gasteiger charge is 2.34. The van der Waals surface area contributed by atoms with Crippen molar-refractivity contribution in [1.82, 2.24) is 19.4 Å². The van der Waals surface area contributed by atoms with Crippen molar-refractivity contribution in [2.45, 2.75) is 37.7 Å². The molecule has 3 aromatic heterocycles. The summed E-state index contributed by atoms with van der Waals surface area (Å²) in [5.41, 5.74) is 1.95. The maximum Gasteiger partial charge on any atom is 0.258 e. The van der Waals surface area contributed by atoms with Crippen LogP contribution in [0.25, 0.3) is 11.1 Å². The summed E-state index contributed by atoms with van der Waals surface area (Å²) >= 11 is 0. The van der Waals surface area contributed by atoms with E-state index in [2.05, 4.69) is 15.1 Å². The lowest BCUT2D eigenvalue weighted by molar-refractivity contribution is 0.214. The lowest BCUT2D eigenvalue weighted by atomic mass is 10.2. The largest absolute Gasteiger partial charge is 0.487 e. The van der Waals surface area contributed by atoms with E-state index in [9.17, 15) is 8.42 Å². The molecule has 0 amide bonds. The summed E-state index contributed by atoms with van der Waals surface area (Å²) in [7, 11) is -3.66. The number of nitrogens with zero attached hydrogens (tertiary/aromatic N) is 4. The fraction of sp³-hybridized carbons (Fsp3) is 0.389. The smallest absolute Gasteiger partial charge is 0.258 e. The van der Waals surface area contributed by atoms with Crippen LogP contribution in [0.5, 0.6) is 5.75 Å². The molecule has 4 rings (SSSR count). The molecule has 0 N–H and O–H groups in total. The van der Waals surface area contributed by atoms with Gasteiger partial charge in [-0.1, -0.05) is 12.1 Å². The summed E-state index contributed by atoms with van der Waals surface area (Å²) < 4.78 is 38.5. The summed E-state index contributed by atoms with van der Waals surface area (Å²) in [6.45, 7) is 4.52. The third kappa shape index (κ3) is 3.40. The quantitative estimate of drug-likeness (QED) is 0.661. The molecule has 0 aliphatic carbocycles. The first-order valence-corrected chi connectivity index (χ1v) is 10.2. The highest BCUT2D eigenvalue weighted by atomic mass is 32.2. The van der Waals surface area contributed by atoms with E-state index in [-0.39, 0.29) is 11.0 Å². The van der Waals surface area contributed by atoms with E-state index >= 15 is 0 Å². The predicted molar refractivity (Wildman–Crippen MR) is 97.9 cm³/mol. The first kappa shape index (κ1) is 17.9. The molecule has 1 fully saturated rings. The van der Waals surface area contributed by atoms with Crippen LogP contribution in [0.4, 0.5) is 0 Å². The second-order valence-corrected chi connectivity index (χ2v) is 8.47. The van der Waals surface area contributed by atoms with E-state index in [0.29, 0.717) is 48.5 Å². The zero-order chi connectivity index (χ0) is 19.0. The summed E-state index contributed by atoms with van der Waals surface area (Å²) in [6, 6.07) is 5.30. The molecule has 0 radical (unpaired) electrons. The van der Waals surface area contributed by atoms with Crippen LogP contribution in [0.1, 0.15) is 24.7 Å². The number of ether oxygens (including phenoxy) is 1.